The fourth-order valence-electron chi connectivity index (χ4n) is 4.62. The van der Waals surface area contributed by atoms with Crippen LogP contribution in [0.5, 0.6) is 0 Å². The number of nitrogens with zero attached hydrogens (tertiary/aromatic N) is 2. The van der Waals surface area contributed by atoms with Crippen molar-refractivity contribution in [2.75, 3.05) is 18.0 Å². The Balaban J connectivity index is 1.84. The van der Waals surface area contributed by atoms with Gasteiger partial charge in [0.05, 0.1) is 16.6 Å². The van der Waals surface area contributed by atoms with Crippen LogP contribution in [0.15, 0.2) is 23.6 Å². The predicted octanol–water partition coefficient (Wildman–Crippen LogP) is 2.37. The molecule has 2 aromatic rings. The molecule has 2 aliphatic heterocycles. The van der Waals surface area contributed by atoms with E-state index in [4.69, 9.17) is 0 Å². The van der Waals surface area contributed by atoms with E-state index in [0.29, 0.717) is 22.8 Å². The van der Waals surface area contributed by atoms with Gasteiger partial charge in [0.2, 0.25) is 5.43 Å². The van der Waals surface area contributed by atoms with E-state index >= 15 is 4.39 Å². The second kappa shape index (κ2) is 5.66. The molecule has 1 aromatic heterocycles. The zero-order chi connectivity index (χ0) is 18.9. The molecule has 140 valence electrons. The topological polar surface area (TPSA) is 74.6 Å². The summed E-state index contributed by atoms with van der Waals surface area (Å²) < 4.78 is 17.0. The fourth-order valence-corrected chi connectivity index (χ4v) is 4.62. The maximum atomic E-state index is 15.2. The van der Waals surface area contributed by atoms with Gasteiger partial charge in [0.1, 0.15) is 11.4 Å². The van der Waals surface area contributed by atoms with Gasteiger partial charge in [-0.15, -0.1) is 0 Å². The Morgan fingerprint density at radius 2 is 2.15 bits per heavy atom. The Morgan fingerprint density at radius 1 is 1.37 bits per heavy atom. The standard InChI is InChI=1S/C20H20FN3O3/c1-2-13-17-14(19(25)15(20(26)27)9-24(17)11-3-4-11)6-16(21)18(13)23-8-10-5-12(23)7-22-10/h2,6,9-12,22H,1,3-5,7-8H2,(H,26,27). The first-order valence-electron chi connectivity index (χ1n) is 9.26. The lowest BCUT2D eigenvalue weighted by molar-refractivity contribution is 0.0695. The minimum absolute atomic E-state index is 0.112. The van der Waals surface area contributed by atoms with Crippen LogP contribution in [0.2, 0.25) is 0 Å². The van der Waals surface area contributed by atoms with E-state index < -0.39 is 17.2 Å². The molecule has 3 heterocycles. The third-order valence-corrected chi connectivity index (χ3v) is 6.00. The van der Waals surface area contributed by atoms with Crippen LogP contribution in [0.3, 0.4) is 0 Å². The number of carboxylic acid groups (broad SMARTS) is 1. The van der Waals surface area contributed by atoms with Crippen LogP contribution in [0.4, 0.5) is 10.1 Å². The molecule has 2 atom stereocenters. The van der Waals surface area contributed by atoms with Crippen molar-refractivity contribution in [2.45, 2.75) is 37.4 Å². The summed E-state index contributed by atoms with van der Waals surface area (Å²) in [5.41, 5.74) is 0.685. The van der Waals surface area contributed by atoms with Gasteiger partial charge in [0, 0.05) is 43.0 Å². The number of pyridine rings is 1. The predicted molar refractivity (Wildman–Crippen MR) is 101 cm³/mol. The highest BCUT2D eigenvalue weighted by molar-refractivity contribution is 5.98. The number of fused-ring (bicyclic) bond motifs is 3. The lowest BCUT2D eigenvalue weighted by Crippen LogP contribution is -2.44. The van der Waals surface area contributed by atoms with E-state index in [1.807, 2.05) is 4.57 Å². The maximum Gasteiger partial charge on any atom is 0.341 e. The van der Waals surface area contributed by atoms with Crippen LogP contribution in [0, 0.1) is 5.82 Å². The smallest absolute Gasteiger partial charge is 0.341 e. The molecule has 5 rings (SSSR count). The lowest BCUT2D eigenvalue weighted by Gasteiger charge is -2.32. The van der Waals surface area contributed by atoms with Crippen molar-refractivity contribution < 1.29 is 14.3 Å². The Kier molecular flexibility index (Phi) is 3.46. The number of aromatic carboxylic acids is 1. The molecule has 1 saturated carbocycles. The van der Waals surface area contributed by atoms with Gasteiger partial charge in [-0.05, 0) is 25.3 Å². The molecule has 3 aliphatic rings. The molecule has 0 radical (unpaired) electrons. The first-order chi connectivity index (χ1) is 13.0. The Morgan fingerprint density at radius 3 is 2.70 bits per heavy atom. The third-order valence-electron chi connectivity index (χ3n) is 6.00. The van der Waals surface area contributed by atoms with E-state index in [9.17, 15) is 14.7 Å². The maximum absolute atomic E-state index is 15.2. The van der Waals surface area contributed by atoms with Gasteiger partial charge in [0.15, 0.2) is 0 Å². The third kappa shape index (κ3) is 2.34. The van der Waals surface area contributed by atoms with Crippen molar-refractivity contribution in [3.63, 3.8) is 0 Å². The Bertz CT molecular complexity index is 1060. The number of anilines is 1. The van der Waals surface area contributed by atoms with E-state index in [1.165, 1.54) is 12.3 Å². The molecule has 2 N–H and O–H groups in total. The molecule has 6 nitrogen and oxygen atoms in total. The number of benzene rings is 1. The highest BCUT2D eigenvalue weighted by Crippen LogP contribution is 2.42. The number of hydrogen-bond acceptors (Lipinski definition) is 4. The van der Waals surface area contributed by atoms with Gasteiger partial charge in [-0.3, -0.25) is 4.79 Å². The van der Waals surface area contributed by atoms with Crippen molar-refractivity contribution >= 4 is 28.6 Å². The molecule has 1 aliphatic carbocycles. The fraction of sp³-hybridized carbons (Fsp3) is 0.400. The molecule has 1 aromatic carbocycles. The second-order valence-corrected chi connectivity index (χ2v) is 7.68. The second-order valence-electron chi connectivity index (χ2n) is 7.68. The normalized spacial score (nSPS) is 24.0. The average molecular weight is 369 g/mol. The minimum atomic E-state index is -1.29. The van der Waals surface area contributed by atoms with Crippen LogP contribution in [-0.2, 0) is 0 Å². The number of rotatable bonds is 4. The molecule has 2 unspecified atom stereocenters. The average Bonchev–Trinajstić information content (AvgIpc) is 3.27. The summed E-state index contributed by atoms with van der Waals surface area (Å²) in [5.74, 6) is -1.78. The summed E-state index contributed by atoms with van der Waals surface area (Å²) in [7, 11) is 0. The van der Waals surface area contributed by atoms with Gasteiger partial charge in [0.25, 0.3) is 0 Å². The molecule has 7 heteroatoms. The highest BCUT2D eigenvalue weighted by atomic mass is 19.1. The van der Waals surface area contributed by atoms with Crippen LogP contribution in [0.25, 0.3) is 17.0 Å². The van der Waals surface area contributed by atoms with Crippen molar-refractivity contribution in [3.05, 3.63) is 46.0 Å². The van der Waals surface area contributed by atoms with E-state index in [0.717, 1.165) is 32.4 Å². The van der Waals surface area contributed by atoms with Gasteiger partial charge in [-0.1, -0.05) is 12.7 Å². The highest BCUT2D eigenvalue weighted by Gasteiger charge is 2.40. The van der Waals surface area contributed by atoms with Crippen LogP contribution in [-0.4, -0.2) is 40.8 Å². The van der Waals surface area contributed by atoms with Crippen LogP contribution < -0.4 is 15.6 Å². The van der Waals surface area contributed by atoms with Crippen molar-refractivity contribution in [1.82, 2.24) is 9.88 Å². The lowest BCUT2D eigenvalue weighted by atomic mass is 10.0. The molecule has 2 saturated heterocycles. The Hall–Kier alpha value is -2.67. The van der Waals surface area contributed by atoms with Gasteiger partial charge in [-0.25, -0.2) is 9.18 Å². The number of aromatic nitrogens is 1. The summed E-state index contributed by atoms with van der Waals surface area (Å²) in [6.45, 7) is 5.41. The zero-order valence-corrected chi connectivity index (χ0v) is 14.7. The van der Waals surface area contributed by atoms with E-state index in [1.54, 1.807) is 6.08 Å². The number of carbonyl (C=O) groups is 1. The first kappa shape index (κ1) is 16.5. The molecule has 0 amide bonds. The molecule has 0 spiro atoms. The number of nitrogens with one attached hydrogen (secondary N) is 1. The quantitative estimate of drug-likeness (QED) is 0.866. The number of halogens is 1. The Labute approximate surface area is 154 Å². The number of carboxylic acids is 1. The molecular weight excluding hydrogens is 349 g/mol. The molecule has 2 bridgehead atoms. The van der Waals surface area contributed by atoms with Crippen LogP contribution in [0.1, 0.15) is 41.2 Å². The summed E-state index contributed by atoms with van der Waals surface area (Å²) in [4.78, 5) is 26.3. The molecule has 3 fully saturated rings. The first-order valence-corrected chi connectivity index (χ1v) is 9.26. The largest absolute Gasteiger partial charge is 0.477 e. The van der Waals surface area contributed by atoms with Crippen molar-refractivity contribution in [3.8, 4) is 0 Å². The minimum Gasteiger partial charge on any atom is -0.477 e. The van der Waals surface area contributed by atoms with Gasteiger partial charge in [-0.2, -0.15) is 0 Å². The van der Waals surface area contributed by atoms with E-state index in [2.05, 4.69) is 16.8 Å². The van der Waals surface area contributed by atoms with Crippen molar-refractivity contribution in [1.29, 1.82) is 0 Å². The molecular formula is C20H20FN3O3. The summed E-state index contributed by atoms with van der Waals surface area (Å²) in [5, 5.41) is 12.9. The summed E-state index contributed by atoms with van der Waals surface area (Å²) >= 11 is 0. The van der Waals surface area contributed by atoms with Crippen LogP contribution >= 0.6 is 0 Å². The van der Waals surface area contributed by atoms with E-state index in [-0.39, 0.29) is 23.0 Å². The molecule has 27 heavy (non-hydrogen) atoms. The van der Waals surface area contributed by atoms with Gasteiger partial charge >= 0.3 is 5.97 Å². The number of piperazine rings is 1. The number of hydrogen-bond donors (Lipinski definition) is 2. The van der Waals surface area contributed by atoms with Crippen molar-refractivity contribution in [2.24, 2.45) is 0 Å². The SMILES string of the molecule is C=Cc1c(N2CC3CC2CN3)c(F)cc2c(=O)c(C(=O)O)cn(C3CC3)c12. The van der Waals surface area contributed by atoms with Gasteiger partial charge < -0.3 is 19.9 Å². The monoisotopic (exact) mass is 369 g/mol. The summed E-state index contributed by atoms with van der Waals surface area (Å²) in [6.07, 6.45) is 5.81. The zero-order valence-electron chi connectivity index (χ0n) is 14.7. The summed E-state index contributed by atoms with van der Waals surface area (Å²) in [6, 6.07) is 1.92.